The molecular weight excluding hydrogens is 325 g/mol. The molecule has 0 saturated carbocycles. The Morgan fingerprint density at radius 1 is 1.27 bits per heavy atom. The number of carboxylic acids is 1. The lowest BCUT2D eigenvalue weighted by atomic mass is 9.91. The molecule has 0 spiro atoms. The van der Waals surface area contributed by atoms with Gasteiger partial charge in [0.05, 0.1) is 21.9 Å². The summed E-state index contributed by atoms with van der Waals surface area (Å²) in [6.45, 7) is 4.03. The Kier molecular flexibility index (Phi) is 5.35. The molecule has 1 aliphatic rings. The molecule has 120 valence electrons. The van der Waals surface area contributed by atoms with Gasteiger partial charge in [-0.25, -0.2) is 0 Å². The van der Waals surface area contributed by atoms with E-state index < -0.39 is 11.9 Å². The standard InChI is InChI=1S/C16H19Cl2NO3/c1-9-3-4-12(16(21)22)8-19(9)15(20)10(2)11-5-6-13(17)14(18)7-11/h5-7,9-10,12H,3-4,8H2,1-2H3,(H,21,22). The van der Waals surface area contributed by atoms with Gasteiger partial charge in [0.15, 0.2) is 0 Å². The molecule has 1 aromatic rings. The quantitative estimate of drug-likeness (QED) is 0.907. The smallest absolute Gasteiger partial charge is 0.308 e. The van der Waals surface area contributed by atoms with Crippen molar-refractivity contribution in [3.8, 4) is 0 Å². The fourth-order valence-electron chi connectivity index (χ4n) is 2.79. The number of hydrogen-bond acceptors (Lipinski definition) is 2. The molecule has 6 heteroatoms. The van der Waals surface area contributed by atoms with Crippen LogP contribution in [0, 0.1) is 5.92 Å². The van der Waals surface area contributed by atoms with Crippen LogP contribution in [-0.2, 0) is 9.59 Å². The van der Waals surface area contributed by atoms with Gasteiger partial charge in [-0.2, -0.15) is 0 Å². The summed E-state index contributed by atoms with van der Waals surface area (Å²) in [7, 11) is 0. The molecule has 1 amide bonds. The molecule has 22 heavy (non-hydrogen) atoms. The minimum Gasteiger partial charge on any atom is -0.481 e. The Morgan fingerprint density at radius 3 is 2.55 bits per heavy atom. The van der Waals surface area contributed by atoms with Crippen molar-refractivity contribution in [3.63, 3.8) is 0 Å². The minimum atomic E-state index is -0.841. The largest absolute Gasteiger partial charge is 0.481 e. The average Bonchev–Trinajstić information content (AvgIpc) is 2.48. The maximum absolute atomic E-state index is 12.7. The van der Waals surface area contributed by atoms with Crippen LogP contribution < -0.4 is 0 Å². The highest BCUT2D eigenvalue weighted by molar-refractivity contribution is 6.42. The van der Waals surface area contributed by atoms with Crippen LogP contribution >= 0.6 is 23.2 Å². The Balaban J connectivity index is 2.17. The Hall–Kier alpha value is -1.26. The number of amides is 1. The summed E-state index contributed by atoms with van der Waals surface area (Å²) in [5.41, 5.74) is 0.782. The molecular formula is C16H19Cl2NO3. The van der Waals surface area contributed by atoms with Gasteiger partial charge < -0.3 is 10.0 Å². The third-order valence-electron chi connectivity index (χ3n) is 4.33. The summed E-state index contributed by atoms with van der Waals surface area (Å²) in [5.74, 6) is -1.78. The van der Waals surface area contributed by atoms with E-state index >= 15 is 0 Å². The van der Waals surface area contributed by atoms with Gasteiger partial charge in [-0.05, 0) is 44.4 Å². The lowest BCUT2D eigenvalue weighted by molar-refractivity contribution is -0.147. The first-order valence-electron chi connectivity index (χ1n) is 7.29. The highest BCUT2D eigenvalue weighted by Gasteiger charge is 2.34. The first-order chi connectivity index (χ1) is 10.3. The lowest BCUT2D eigenvalue weighted by Crippen LogP contribution is -2.48. The van der Waals surface area contributed by atoms with Gasteiger partial charge in [-0.15, -0.1) is 0 Å². The summed E-state index contributed by atoms with van der Waals surface area (Å²) in [5, 5.41) is 10.0. The number of hydrogen-bond donors (Lipinski definition) is 1. The molecule has 1 fully saturated rings. The van der Waals surface area contributed by atoms with E-state index in [4.69, 9.17) is 23.2 Å². The van der Waals surface area contributed by atoms with Crippen LogP contribution in [0.3, 0.4) is 0 Å². The number of carboxylic acid groups (broad SMARTS) is 1. The van der Waals surface area contributed by atoms with E-state index in [2.05, 4.69) is 0 Å². The van der Waals surface area contributed by atoms with Crippen molar-refractivity contribution in [1.29, 1.82) is 0 Å². The highest BCUT2D eigenvalue weighted by atomic mass is 35.5. The van der Waals surface area contributed by atoms with Crippen LogP contribution in [-0.4, -0.2) is 34.5 Å². The molecule has 0 radical (unpaired) electrons. The third-order valence-corrected chi connectivity index (χ3v) is 5.07. The average molecular weight is 344 g/mol. The number of piperidine rings is 1. The fourth-order valence-corrected chi connectivity index (χ4v) is 3.10. The zero-order chi connectivity index (χ0) is 16.4. The zero-order valence-corrected chi connectivity index (χ0v) is 14.1. The number of likely N-dealkylation sites (tertiary alicyclic amines) is 1. The molecule has 0 bridgehead atoms. The predicted octanol–water partition coefficient (Wildman–Crippen LogP) is 3.81. The van der Waals surface area contributed by atoms with Crippen molar-refractivity contribution in [2.75, 3.05) is 6.54 Å². The van der Waals surface area contributed by atoms with E-state index in [0.717, 1.165) is 5.56 Å². The van der Waals surface area contributed by atoms with E-state index in [0.29, 0.717) is 22.9 Å². The molecule has 1 aliphatic heterocycles. The van der Waals surface area contributed by atoms with E-state index in [1.54, 1.807) is 30.0 Å². The van der Waals surface area contributed by atoms with Crippen molar-refractivity contribution in [3.05, 3.63) is 33.8 Å². The number of carbonyl (C=O) groups excluding carboxylic acids is 1. The molecule has 3 atom stereocenters. The second-order valence-corrected chi connectivity index (χ2v) is 6.66. The second-order valence-electron chi connectivity index (χ2n) is 5.85. The van der Waals surface area contributed by atoms with Crippen molar-refractivity contribution >= 4 is 35.1 Å². The maximum atomic E-state index is 12.7. The highest BCUT2D eigenvalue weighted by Crippen LogP contribution is 2.30. The first-order valence-corrected chi connectivity index (χ1v) is 8.05. The van der Waals surface area contributed by atoms with Crippen molar-refractivity contribution < 1.29 is 14.7 Å². The van der Waals surface area contributed by atoms with Gasteiger partial charge in [0.1, 0.15) is 0 Å². The van der Waals surface area contributed by atoms with Crippen LogP contribution in [0.5, 0.6) is 0 Å². The van der Waals surface area contributed by atoms with E-state index in [1.807, 2.05) is 6.92 Å². The topological polar surface area (TPSA) is 57.6 Å². The maximum Gasteiger partial charge on any atom is 0.308 e. The molecule has 1 N–H and O–H groups in total. The Morgan fingerprint density at radius 2 is 1.95 bits per heavy atom. The SMILES string of the molecule is CC(C(=O)N1CC(C(=O)O)CCC1C)c1ccc(Cl)c(Cl)c1. The number of halogens is 2. The summed E-state index contributed by atoms with van der Waals surface area (Å²) >= 11 is 11.9. The Bertz CT molecular complexity index is 591. The van der Waals surface area contributed by atoms with E-state index in [-0.39, 0.29) is 24.4 Å². The lowest BCUT2D eigenvalue weighted by Gasteiger charge is -2.38. The summed E-state index contributed by atoms with van der Waals surface area (Å²) < 4.78 is 0. The van der Waals surface area contributed by atoms with Crippen molar-refractivity contribution in [2.24, 2.45) is 5.92 Å². The van der Waals surface area contributed by atoms with Crippen LogP contribution in [0.2, 0.25) is 10.0 Å². The third kappa shape index (κ3) is 3.55. The minimum absolute atomic E-state index is 0.0494. The molecule has 1 saturated heterocycles. The van der Waals surface area contributed by atoms with E-state index in [1.165, 1.54) is 0 Å². The summed E-state index contributed by atoms with van der Waals surface area (Å²) in [6.07, 6.45) is 1.32. The van der Waals surface area contributed by atoms with Gasteiger partial charge in [-0.1, -0.05) is 29.3 Å². The molecule has 4 nitrogen and oxygen atoms in total. The Labute approximate surface area is 140 Å². The predicted molar refractivity (Wildman–Crippen MR) is 86.4 cm³/mol. The van der Waals surface area contributed by atoms with Crippen LogP contribution in [0.1, 0.15) is 38.2 Å². The number of carbonyl (C=O) groups is 2. The first kappa shape index (κ1) is 17.1. The van der Waals surface area contributed by atoms with Crippen LogP contribution in [0.25, 0.3) is 0 Å². The van der Waals surface area contributed by atoms with Gasteiger partial charge in [-0.3, -0.25) is 9.59 Å². The molecule has 0 aliphatic carbocycles. The normalized spacial score (nSPS) is 23.2. The molecule has 1 aromatic carbocycles. The number of benzene rings is 1. The molecule has 2 rings (SSSR count). The van der Waals surface area contributed by atoms with Gasteiger partial charge in [0, 0.05) is 12.6 Å². The van der Waals surface area contributed by atoms with Crippen molar-refractivity contribution in [2.45, 2.75) is 38.6 Å². The van der Waals surface area contributed by atoms with Crippen molar-refractivity contribution in [1.82, 2.24) is 4.90 Å². The van der Waals surface area contributed by atoms with Gasteiger partial charge in [0.2, 0.25) is 5.91 Å². The molecule has 1 heterocycles. The molecule has 0 aromatic heterocycles. The van der Waals surface area contributed by atoms with Gasteiger partial charge >= 0.3 is 5.97 Å². The number of aliphatic carboxylic acids is 1. The van der Waals surface area contributed by atoms with Crippen LogP contribution in [0.4, 0.5) is 0 Å². The zero-order valence-electron chi connectivity index (χ0n) is 12.6. The summed E-state index contributed by atoms with van der Waals surface area (Å²) in [4.78, 5) is 25.6. The monoisotopic (exact) mass is 343 g/mol. The second kappa shape index (κ2) is 6.88. The number of rotatable bonds is 3. The fraction of sp³-hybridized carbons (Fsp3) is 0.500. The van der Waals surface area contributed by atoms with Gasteiger partial charge in [0.25, 0.3) is 0 Å². The molecule has 3 unspecified atom stereocenters. The van der Waals surface area contributed by atoms with Crippen LogP contribution in [0.15, 0.2) is 18.2 Å². The number of nitrogens with zero attached hydrogens (tertiary/aromatic N) is 1. The summed E-state index contributed by atoms with van der Waals surface area (Å²) in [6, 6.07) is 5.19. The van der Waals surface area contributed by atoms with E-state index in [9.17, 15) is 14.7 Å².